The lowest BCUT2D eigenvalue weighted by Crippen LogP contribution is -2.46. The Kier molecular flexibility index (Phi) is 55.0. The van der Waals surface area contributed by atoms with E-state index in [1.165, 1.54) is 218 Å². The molecule has 2 N–H and O–H groups in total. The first-order chi connectivity index (χ1) is 36.0. The Morgan fingerprint density at radius 2 is 0.824 bits per heavy atom. The maximum Gasteiger partial charge on any atom is 0.268 e. The van der Waals surface area contributed by atoms with E-state index in [1.807, 2.05) is 21.1 Å². The van der Waals surface area contributed by atoms with Crippen LogP contribution in [-0.2, 0) is 18.4 Å². The number of carbonyl (C=O) groups excluding carboxylic acids is 1. The van der Waals surface area contributed by atoms with Crippen molar-refractivity contribution in [2.75, 3.05) is 40.9 Å². The summed E-state index contributed by atoms with van der Waals surface area (Å²) in [5.41, 5.74) is 0. The highest BCUT2D eigenvalue weighted by molar-refractivity contribution is 7.45. The number of carbonyl (C=O) groups is 1. The predicted octanol–water partition coefficient (Wildman–Crippen LogP) is 19.2. The Morgan fingerprint density at radius 3 is 1.20 bits per heavy atom. The topological polar surface area (TPSA) is 108 Å². The molecule has 9 heteroatoms. The summed E-state index contributed by atoms with van der Waals surface area (Å²) in [4.78, 5) is 25.6. The molecule has 1 amide bonds. The quantitative estimate of drug-likeness (QED) is 0.0272. The van der Waals surface area contributed by atoms with Crippen molar-refractivity contribution >= 4 is 13.7 Å². The smallest absolute Gasteiger partial charge is 0.268 e. The van der Waals surface area contributed by atoms with Gasteiger partial charge in [-0.3, -0.25) is 9.36 Å². The number of rotatable bonds is 59. The second-order valence-corrected chi connectivity index (χ2v) is 24.5. The van der Waals surface area contributed by atoms with Crippen LogP contribution in [0.25, 0.3) is 0 Å². The van der Waals surface area contributed by atoms with Crippen LogP contribution in [0.3, 0.4) is 0 Å². The van der Waals surface area contributed by atoms with Crippen LogP contribution in [0.15, 0.2) is 48.6 Å². The van der Waals surface area contributed by atoms with Crippen molar-refractivity contribution in [2.45, 2.75) is 321 Å². The van der Waals surface area contributed by atoms with E-state index < -0.39 is 20.0 Å². The van der Waals surface area contributed by atoms with E-state index in [0.717, 1.165) is 64.2 Å². The van der Waals surface area contributed by atoms with Crippen LogP contribution < -0.4 is 10.2 Å². The van der Waals surface area contributed by atoms with E-state index in [2.05, 4.69) is 67.8 Å². The van der Waals surface area contributed by atoms with Crippen molar-refractivity contribution in [3.05, 3.63) is 48.6 Å². The Morgan fingerprint density at radius 1 is 0.486 bits per heavy atom. The zero-order valence-electron chi connectivity index (χ0n) is 49.8. The number of nitrogens with one attached hydrogen (secondary N) is 1. The molecule has 0 aliphatic rings. The first-order valence-corrected chi connectivity index (χ1v) is 33.4. The molecule has 3 unspecified atom stereocenters. The van der Waals surface area contributed by atoms with Crippen LogP contribution >= 0.6 is 7.82 Å². The maximum atomic E-state index is 13.0. The number of allylic oxidation sites excluding steroid dienone is 8. The van der Waals surface area contributed by atoms with E-state index >= 15 is 0 Å². The Bertz CT molecular complexity index is 1340. The molecule has 0 heterocycles. The zero-order chi connectivity index (χ0) is 54.2. The fraction of sp³-hybridized carbons (Fsp3) is 0.862. The number of phosphoric acid groups is 1. The fourth-order valence-corrected chi connectivity index (χ4v) is 10.3. The molecule has 0 aliphatic carbocycles. The van der Waals surface area contributed by atoms with Crippen molar-refractivity contribution in [3.63, 3.8) is 0 Å². The SMILES string of the molecule is CC/C=C\C/C=C\C/C=C\C/C=C\CCCCCCCCCCCCCCCCCCC(=O)NC(COP(=O)([O-])OCC[N+](C)(C)C)C(O)CCCCCCCCCCCCCCCCCCCCCCCCC. The van der Waals surface area contributed by atoms with Gasteiger partial charge in [-0.25, -0.2) is 0 Å². The summed E-state index contributed by atoms with van der Waals surface area (Å²) in [6.07, 6.45) is 74.4. The number of quaternary nitrogens is 1. The number of hydrogen-bond donors (Lipinski definition) is 2. The van der Waals surface area contributed by atoms with Gasteiger partial charge in [0.05, 0.1) is 39.9 Å². The van der Waals surface area contributed by atoms with E-state index in [-0.39, 0.29) is 19.1 Å². The fourth-order valence-electron chi connectivity index (χ4n) is 9.62. The monoisotopic (exact) mass is 1060 g/mol. The minimum Gasteiger partial charge on any atom is -0.756 e. The molecule has 0 aromatic heterocycles. The van der Waals surface area contributed by atoms with Gasteiger partial charge in [0.25, 0.3) is 7.82 Å². The van der Waals surface area contributed by atoms with Gasteiger partial charge < -0.3 is 28.8 Å². The molecule has 436 valence electrons. The van der Waals surface area contributed by atoms with Gasteiger partial charge in [0, 0.05) is 6.42 Å². The van der Waals surface area contributed by atoms with Crippen molar-refractivity contribution in [1.29, 1.82) is 0 Å². The number of hydrogen-bond acceptors (Lipinski definition) is 6. The molecule has 0 radical (unpaired) electrons. The predicted molar refractivity (Wildman–Crippen MR) is 321 cm³/mol. The minimum absolute atomic E-state index is 0.0129. The van der Waals surface area contributed by atoms with Crippen LogP contribution in [0.4, 0.5) is 0 Å². The van der Waals surface area contributed by atoms with Crippen LogP contribution in [-0.4, -0.2) is 68.5 Å². The first kappa shape index (κ1) is 72.5. The van der Waals surface area contributed by atoms with Crippen LogP contribution in [0.1, 0.15) is 309 Å². The lowest BCUT2D eigenvalue weighted by molar-refractivity contribution is -0.870. The largest absolute Gasteiger partial charge is 0.756 e. The summed E-state index contributed by atoms with van der Waals surface area (Å²) in [6.45, 7) is 4.65. The molecular formula is C65H125N2O6P. The van der Waals surface area contributed by atoms with Crippen molar-refractivity contribution in [3.8, 4) is 0 Å². The number of unbranched alkanes of at least 4 members (excludes halogenated alkanes) is 38. The third-order valence-corrected chi connectivity index (χ3v) is 15.5. The summed E-state index contributed by atoms with van der Waals surface area (Å²) in [5.74, 6) is -0.161. The van der Waals surface area contributed by atoms with E-state index in [1.54, 1.807) is 0 Å². The molecule has 0 rings (SSSR count). The van der Waals surface area contributed by atoms with Gasteiger partial charge in [0.15, 0.2) is 0 Å². The van der Waals surface area contributed by atoms with Crippen LogP contribution in [0.2, 0.25) is 0 Å². The highest BCUT2D eigenvalue weighted by Crippen LogP contribution is 2.38. The molecule has 8 nitrogen and oxygen atoms in total. The van der Waals surface area contributed by atoms with E-state index in [9.17, 15) is 19.4 Å². The molecule has 0 saturated carbocycles. The normalized spacial score (nSPS) is 14.1. The number of nitrogens with zero attached hydrogens (tertiary/aromatic N) is 1. The van der Waals surface area contributed by atoms with Crippen molar-refractivity contribution < 1.29 is 32.9 Å². The van der Waals surface area contributed by atoms with Crippen LogP contribution in [0.5, 0.6) is 0 Å². The average molecular weight is 1060 g/mol. The van der Waals surface area contributed by atoms with Crippen molar-refractivity contribution in [1.82, 2.24) is 5.32 Å². The van der Waals surface area contributed by atoms with Crippen LogP contribution in [0, 0.1) is 0 Å². The Labute approximate surface area is 460 Å². The second-order valence-electron chi connectivity index (χ2n) is 23.1. The number of phosphoric ester groups is 1. The molecular weight excluding hydrogens is 936 g/mol. The number of likely N-dealkylation sites (N-methyl/N-ethyl adjacent to an activating group) is 1. The summed E-state index contributed by atoms with van der Waals surface area (Å²) in [6, 6.07) is -0.802. The number of amides is 1. The average Bonchev–Trinajstić information content (AvgIpc) is 3.36. The highest BCUT2D eigenvalue weighted by atomic mass is 31.2. The summed E-state index contributed by atoms with van der Waals surface area (Å²) >= 11 is 0. The van der Waals surface area contributed by atoms with Gasteiger partial charge in [-0.1, -0.05) is 300 Å². The number of aliphatic hydroxyl groups excluding tert-OH is 1. The summed E-state index contributed by atoms with van der Waals surface area (Å²) < 4.78 is 23.5. The van der Waals surface area contributed by atoms with Gasteiger partial charge in [0.2, 0.25) is 5.91 Å². The Hall–Kier alpha value is -1.54. The molecule has 0 spiro atoms. The molecule has 0 aromatic rings. The van der Waals surface area contributed by atoms with Gasteiger partial charge in [-0.2, -0.15) is 0 Å². The molecule has 0 aromatic carbocycles. The van der Waals surface area contributed by atoms with Gasteiger partial charge >= 0.3 is 0 Å². The minimum atomic E-state index is -4.58. The summed E-state index contributed by atoms with van der Waals surface area (Å²) in [7, 11) is 1.32. The molecule has 0 bridgehead atoms. The van der Waals surface area contributed by atoms with E-state index in [0.29, 0.717) is 23.9 Å². The number of aliphatic hydroxyl groups is 1. The molecule has 3 atom stereocenters. The Balaban J connectivity index is 4.07. The van der Waals surface area contributed by atoms with E-state index in [4.69, 9.17) is 9.05 Å². The third kappa shape index (κ3) is 58.1. The molecule has 0 saturated heterocycles. The third-order valence-electron chi connectivity index (χ3n) is 14.6. The maximum absolute atomic E-state index is 13.0. The summed E-state index contributed by atoms with van der Waals surface area (Å²) in [5, 5.41) is 14.1. The molecule has 0 fully saturated rings. The lowest BCUT2D eigenvalue weighted by Gasteiger charge is -2.30. The standard InChI is InChI=1S/C65H125N2O6P/c1-6-8-10-12-14-16-18-20-22-24-26-28-30-31-32-33-34-35-37-39-41-43-45-47-49-51-53-55-57-59-65(69)66-63(62-73-74(70,71)72-61-60-67(3,4)5)64(68)58-56-54-52-50-48-46-44-42-40-38-36-29-27-25-23-21-19-17-15-13-11-9-7-2/h8,10,14,16,20,22,26,28,63-64,68H,6-7,9,11-13,15,17-19,21,23-25,27,29-62H2,1-5H3,(H-,66,69,70,71)/b10-8-,16-14-,22-20-,28-26-. The second kappa shape index (κ2) is 56.2. The molecule has 0 aliphatic heterocycles. The molecule has 74 heavy (non-hydrogen) atoms. The highest BCUT2D eigenvalue weighted by Gasteiger charge is 2.24. The van der Waals surface area contributed by atoms with Gasteiger partial charge in [-0.15, -0.1) is 0 Å². The van der Waals surface area contributed by atoms with Crippen molar-refractivity contribution in [2.24, 2.45) is 0 Å². The van der Waals surface area contributed by atoms with Gasteiger partial charge in [0.1, 0.15) is 13.2 Å². The lowest BCUT2D eigenvalue weighted by atomic mass is 10.0. The van der Waals surface area contributed by atoms with Gasteiger partial charge in [-0.05, 0) is 51.4 Å². The zero-order valence-corrected chi connectivity index (χ0v) is 50.7. The first-order valence-electron chi connectivity index (χ1n) is 32.0.